The predicted molar refractivity (Wildman–Crippen MR) is 85.4 cm³/mol. The molecule has 1 heterocycles. The van der Waals surface area contributed by atoms with Crippen LogP contribution in [0.15, 0.2) is 12.2 Å². The lowest BCUT2D eigenvalue weighted by Crippen LogP contribution is -2.46. The maximum atomic E-state index is 12.2. The van der Waals surface area contributed by atoms with Crippen molar-refractivity contribution in [1.29, 1.82) is 0 Å². The summed E-state index contributed by atoms with van der Waals surface area (Å²) in [5, 5.41) is 4.94. The summed E-state index contributed by atoms with van der Waals surface area (Å²) in [6.45, 7) is 5.33. The van der Waals surface area contributed by atoms with Gasteiger partial charge in [0.2, 0.25) is 17.7 Å². The van der Waals surface area contributed by atoms with Gasteiger partial charge >= 0.3 is 0 Å². The van der Waals surface area contributed by atoms with Gasteiger partial charge in [0.1, 0.15) is 0 Å². The molecule has 0 aliphatic carbocycles. The lowest BCUT2D eigenvalue weighted by Gasteiger charge is -2.25. The highest BCUT2D eigenvalue weighted by molar-refractivity contribution is 5.92. The van der Waals surface area contributed by atoms with Crippen LogP contribution in [0.4, 0.5) is 0 Å². The van der Waals surface area contributed by atoms with E-state index >= 15 is 0 Å². The normalized spacial score (nSPS) is 19.8. The quantitative estimate of drug-likeness (QED) is 0.700. The number of nitrogens with zero attached hydrogens (tertiary/aromatic N) is 1. The second-order valence-electron chi connectivity index (χ2n) is 6.51. The molecule has 0 saturated carbocycles. The highest BCUT2D eigenvalue weighted by atomic mass is 16.2. The molecule has 0 bridgehead atoms. The fraction of sp³-hybridized carbons (Fsp3) is 0.625. The average Bonchev–Trinajstić information content (AvgIpc) is 2.47. The first kappa shape index (κ1) is 18.9. The number of carbonyl (C=O) groups excluding carboxylic acids is 4. The van der Waals surface area contributed by atoms with Crippen LogP contribution < -0.4 is 10.6 Å². The third-order valence-electron chi connectivity index (χ3n) is 3.44. The number of nitrogens with one attached hydrogen (secondary N) is 2. The Kier molecular flexibility index (Phi) is 6.93. The molecule has 23 heavy (non-hydrogen) atoms. The molecule has 0 atom stereocenters. The molecule has 0 fully saturated rings. The third kappa shape index (κ3) is 7.08. The number of ketones is 1. The van der Waals surface area contributed by atoms with Gasteiger partial charge in [-0.1, -0.05) is 32.9 Å². The van der Waals surface area contributed by atoms with E-state index in [4.69, 9.17) is 0 Å². The van der Waals surface area contributed by atoms with Gasteiger partial charge in [0, 0.05) is 18.4 Å². The Morgan fingerprint density at radius 3 is 2.39 bits per heavy atom. The first-order valence-corrected chi connectivity index (χ1v) is 7.69. The van der Waals surface area contributed by atoms with Crippen molar-refractivity contribution in [3.8, 4) is 0 Å². The summed E-state index contributed by atoms with van der Waals surface area (Å²) >= 11 is 0. The summed E-state index contributed by atoms with van der Waals surface area (Å²) in [4.78, 5) is 48.8. The second-order valence-corrected chi connectivity index (χ2v) is 6.51. The Morgan fingerprint density at radius 1 is 1.09 bits per heavy atom. The van der Waals surface area contributed by atoms with E-state index in [0.29, 0.717) is 6.42 Å². The van der Waals surface area contributed by atoms with Gasteiger partial charge in [0.15, 0.2) is 5.78 Å². The Bertz CT molecular complexity index is 506. The summed E-state index contributed by atoms with van der Waals surface area (Å²) in [6.07, 6.45) is 4.36. The summed E-state index contributed by atoms with van der Waals surface area (Å²) in [5.74, 6) is -1.02. The van der Waals surface area contributed by atoms with Crippen LogP contribution in [0.25, 0.3) is 0 Å². The fourth-order valence-corrected chi connectivity index (χ4v) is 1.81. The summed E-state index contributed by atoms with van der Waals surface area (Å²) in [5.41, 5.74) is -0.537. The lowest BCUT2D eigenvalue weighted by atomic mass is 9.90. The van der Waals surface area contributed by atoms with Gasteiger partial charge in [-0.15, -0.1) is 0 Å². The molecule has 0 aromatic carbocycles. The molecule has 0 saturated heterocycles. The Morgan fingerprint density at radius 2 is 1.74 bits per heavy atom. The largest absolute Gasteiger partial charge is 0.347 e. The van der Waals surface area contributed by atoms with Gasteiger partial charge in [0.25, 0.3) is 0 Å². The van der Waals surface area contributed by atoms with Crippen molar-refractivity contribution in [2.24, 2.45) is 5.41 Å². The third-order valence-corrected chi connectivity index (χ3v) is 3.44. The molecule has 0 aromatic rings. The van der Waals surface area contributed by atoms with Gasteiger partial charge in [-0.3, -0.25) is 19.2 Å². The van der Waals surface area contributed by atoms with E-state index in [1.54, 1.807) is 32.9 Å². The summed E-state index contributed by atoms with van der Waals surface area (Å²) in [6, 6.07) is 0. The van der Waals surface area contributed by atoms with Crippen LogP contribution in [-0.4, -0.2) is 54.6 Å². The van der Waals surface area contributed by atoms with Crippen LogP contribution in [-0.2, 0) is 19.2 Å². The van der Waals surface area contributed by atoms with Gasteiger partial charge in [0.05, 0.1) is 19.6 Å². The first-order chi connectivity index (χ1) is 10.7. The number of hydrogen-bond donors (Lipinski definition) is 2. The molecule has 7 heteroatoms. The number of amides is 3. The van der Waals surface area contributed by atoms with Crippen LogP contribution in [0.5, 0.6) is 0 Å². The zero-order chi connectivity index (χ0) is 17.5. The number of hydrogen-bond acceptors (Lipinski definition) is 4. The number of allylic oxidation sites excluding steroid dienone is 1. The topological polar surface area (TPSA) is 95.6 Å². The summed E-state index contributed by atoms with van der Waals surface area (Å²) < 4.78 is 0. The minimum atomic E-state index is -0.537. The van der Waals surface area contributed by atoms with Gasteiger partial charge in [-0.05, 0) is 6.42 Å². The number of carbonyl (C=O) groups is 4. The highest BCUT2D eigenvalue weighted by Gasteiger charge is 2.25. The van der Waals surface area contributed by atoms with Crippen molar-refractivity contribution in [2.75, 3.05) is 26.2 Å². The SMILES string of the molecule is CC(C)(C)C(=O)CN1C/C=C\CCC(=O)NCC(=O)NCC1=O. The molecule has 0 spiro atoms. The smallest absolute Gasteiger partial charge is 0.242 e. The maximum absolute atomic E-state index is 12.2. The molecule has 2 N–H and O–H groups in total. The van der Waals surface area contributed by atoms with Crippen molar-refractivity contribution in [3.05, 3.63) is 12.2 Å². The van der Waals surface area contributed by atoms with E-state index < -0.39 is 11.3 Å². The zero-order valence-corrected chi connectivity index (χ0v) is 14.0. The van der Waals surface area contributed by atoms with Crippen LogP contribution >= 0.6 is 0 Å². The first-order valence-electron chi connectivity index (χ1n) is 7.69. The zero-order valence-electron chi connectivity index (χ0n) is 14.0. The molecule has 128 valence electrons. The van der Waals surface area contributed by atoms with E-state index in [1.807, 2.05) is 0 Å². The molecule has 7 nitrogen and oxygen atoms in total. The molecular formula is C16H25N3O4. The van der Waals surface area contributed by atoms with Crippen molar-refractivity contribution in [2.45, 2.75) is 33.6 Å². The fourth-order valence-electron chi connectivity index (χ4n) is 1.81. The lowest BCUT2D eigenvalue weighted by molar-refractivity contribution is -0.137. The molecular weight excluding hydrogens is 298 g/mol. The minimum absolute atomic E-state index is 0.000273. The Labute approximate surface area is 136 Å². The number of Topliss-reactive ketones (excluding diaryl/α,β-unsaturated/α-hetero) is 1. The number of rotatable bonds is 2. The van der Waals surface area contributed by atoms with Crippen molar-refractivity contribution >= 4 is 23.5 Å². The Hall–Kier alpha value is -2.18. The minimum Gasteiger partial charge on any atom is -0.347 e. The van der Waals surface area contributed by atoms with Crippen molar-refractivity contribution < 1.29 is 19.2 Å². The molecule has 1 aliphatic heterocycles. The van der Waals surface area contributed by atoms with Crippen LogP contribution in [0.2, 0.25) is 0 Å². The Balaban J connectivity index is 2.79. The van der Waals surface area contributed by atoms with Crippen molar-refractivity contribution in [1.82, 2.24) is 15.5 Å². The van der Waals surface area contributed by atoms with Crippen LogP contribution in [0.1, 0.15) is 33.6 Å². The van der Waals surface area contributed by atoms with Crippen molar-refractivity contribution in [3.63, 3.8) is 0 Å². The second kappa shape index (κ2) is 8.45. The predicted octanol–water partition coefficient (Wildman–Crippen LogP) is 0.0126. The van der Waals surface area contributed by atoms with E-state index in [-0.39, 0.29) is 50.2 Å². The van der Waals surface area contributed by atoms with Crippen LogP contribution in [0, 0.1) is 5.41 Å². The summed E-state index contributed by atoms with van der Waals surface area (Å²) in [7, 11) is 0. The molecule has 0 aromatic heterocycles. The molecule has 3 amide bonds. The molecule has 0 unspecified atom stereocenters. The van der Waals surface area contributed by atoms with E-state index in [9.17, 15) is 19.2 Å². The van der Waals surface area contributed by atoms with Gasteiger partial charge in [-0.2, -0.15) is 0 Å². The average molecular weight is 323 g/mol. The molecule has 1 aliphatic rings. The standard InChI is InChI=1S/C16H25N3O4/c1-16(2,3)12(20)11-19-8-6-4-5-7-13(21)17-9-14(22)18-10-15(19)23/h4,6H,5,7-11H2,1-3H3,(H,17,21)(H,18,22)/b6-4-. The van der Waals surface area contributed by atoms with E-state index in [1.165, 1.54) is 4.90 Å². The maximum Gasteiger partial charge on any atom is 0.242 e. The molecule has 0 radical (unpaired) electrons. The monoisotopic (exact) mass is 323 g/mol. The molecule has 1 rings (SSSR count). The van der Waals surface area contributed by atoms with Gasteiger partial charge in [-0.25, -0.2) is 0 Å². The van der Waals surface area contributed by atoms with E-state index in [2.05, 4.69) is 10.6 Å². The van der Waals surface area contributed by atoms with E-state index in [0.717, 1.165) is 0 Å². The highest BCUT2D eigenvalue weighted by Crippen LogP contribution is 2.15. The van der Waals surface area contributed by atoms with Gasteiger partial charge < -0.3 is 15.5 Å². The van der Waals surface area contributed by atoms with Crippen LogP contribution in [0.3, 0.4) is 0 Å².